The van der Waals surface area contributed by atoms with Crippen LogP contribution in [0.3, 0.4) is 0 Å². The van der Waals surface area contributed by atoms with Crippen molar-refractivity contribution in [3.63, 3.8) is 0 Å². The molecule has 3 aliphatic rings. The van der Waals surface area contributed by atoms with Gasteiger partial charge < -0.3 is 10.0 Å². The second-order valence-corrected chi connectivity index (χ2v) is 7.86. The number of rotatable bonds is 4. The summed E-state index contributed by atoms with van der Waals surface area (Å²) in [6, 6.07) is 11.1. The Morgan fingerprint density at radius 3 is 2.57 bits per heavy atom. The van der Waals surface area contributed by atoms with E-state index in [2.05, 4.69) is 29.2 Å². The number of nitrogens with zero attached hydrogens (tertiary/aromatic N) is 1. The third kappa shape index (κ3) is 2.50. The van der Waals surface area contributed by atoms with Gasteiger partial charge in [-0.25, -0.2) is 0 Å². The molecule has 2 bridgehead atoms. The SMILES string of the molecule is O=C(C1CCCC1)N1[C@H]2CC[C@@H]1[C@@](CO)(Cc1ccccc1)C2. The molecule has 0 spiro atoms. The normalized spacial score (nSPS) is 33.5. The van der Waals surface area contributed by atoms with Crippen LogP contribution in [0.1, 0.15) is 50.5 Å². The zero-order valence-electron chi connectivity index (χ0n) is 13.8. The van der Waals surface area contributed by atoms with E-state index in [0.717, 1.165) is 38.5 Å². The van der Waals surface area contributed by atoms with Gasteiger partial charge in [-0.2, -0.15) is 0 Å². The maximum atomic E-state index is 13.0. The number of benzene rings is 1. The third-order valence-corrected chi connectivity index (χ3v) is 6.52. The van der Waals surface area contributed by atoms with Crippen molar-refractivity contribution in [3.8, 4) is 0 Å². The Morgan fingerprint density at radius 1 is 1.13 bits per heavy atom. The number of aliphatic hydroxyl groups excluding tert-OH is 1. The summed E-state index contributed by atoms with van der Waals surface area (Å²) in [5, 5.41) is 10.2. The molecule has 1 aliphatic carbocycles. The molecule has 4 rings (SSSR count). The molecule has 1 aromatic carbocycles. The van der Waals surface area contributed by atoms with Gasteiger partial charge in [-0.1, -0.05) is 43.2 Å². The molecular weight excluding hydrogens is 286 g/mol. The van der Waals surface area contributed by atoms with Gasteiger partial charge in [-0.05, 0) is 44.1 Å². The molecule has 23 heavy (non-hydrogen) atoms. The van der Waals surface area contributed by atoms with Crippen LogP contribution < -0.4 is 0 Å². The highest BCUT2D eigenvalue weighted by atomic mass is 16.3. The van der Waals surface area contributed by atoms with Crippen molar-refractivity contribution in [2.45, 2.75) is 63.5 Å². The summed E-state index contributed by atoms with van der Waals surface area (Å²) in [4.78, 5) is 15.2. The number of fused-ring (bicyclic) bond motifs is 2. The fourth-order valence-corrected chi connectivity index (χ4v) is 5.43. The van der Waals surface area contributed by atoms with E-state index in [9.17, 15) is 9.90 Å². The lowest BCUT2D eigenvalue weighted by Crippen LogP contribution is -2.45. The van der Waals surface area contributed by atoms with Crippen molar-refractivity contribution in [1.29, 1.82) is 0 Å². The van der Waals surface area contributed by atoms with Crippen LogP contribution in [0.15, 0.2) is 30.3 Å². The molecule has 3 atom stereocenters. The highest BCUT2D eigenvalue weighted by Gasteiger charge is 2.57. The molecule has 0 aromatic heterocycles. The van der Waals surface area contributed by atoms with Crippen LogP contribution in [0.4, 0.5) is 0 Å². The molecule has 3 nitrogen and oxygen atoms in total. The van der Waals surface area contributed by atoms with E-state index < -0.39 is 0 Å². The largest absolute Gasteiger partial charge is 0.396 e. The zero-order chi connectivity index (χ0) is 15.9. The van der Waals surface area contributed by atoms with Gasteiger partial charge in [-0.3, -0.25) is 4.79 Å². The average molecular weight is 313 g/mol. The number of aliphatic hydroxyl groups is 1. The van der Waals surface area contributed by atoms with Gasteiger partial charge in [0.05, 0.1) is 6.61 Å². The second kappa shape index (κ2) is 5.94. The molecule has 124 valence electrons. The molecule has 2 aliphatic heterocycles. The van der Waals surface area contributed by atoms with Crippen LogP contribution in [0.2, 0.25) is 0 Å². The Kier molecular flexibility index (Phi) is 3.92. The molecule has 1 N–H and O–H groups in total. The van der Waals surface area contributed by atoms with Gasteiger partial charge in [0.1, 0.15) is 0 Å². The average Bonchev–Trinajstić information content (AvgIpc) is 3.30. The molecule has 1 amide bonds. The number of hydrogen-bond donors (Lipinski definition) is 1. The van der Waals surface area contributed by atoms with E-state index in [4.69, 9.17) is 0 Å². The van der Waals surface area contributed by atoms with Gasteiger partial charge in [0, 0.05) is 23.4 Å². The summed E-state index contributed by atoms with van der Waals surface area (Å²) in [6.07, 6.45) is 8.60. The maximum Gasteiger partial charge on any atom is 0.226 e. The topological polar surface area (TPSA) is 40.5 Å². The Morgan fingerprint density at radius 2 is 1.87 bits per heavy atom. The van der Waals surface area contributed by atoms with Crippen molar-refractivity contribution in [2.24, 2.45) is 11.3 Å². The molecule has 0 radical (unpaired) electrons. The lowest BCUT2D eigenvalue weighted by molar-refractivity contribution is -0.137. The standard InChI is InChI=1S/C20H27NO2/c22-14-20(12-15-6-2-1-3-7-15)13-17-10-11-18(20)21(17)19(23)16-8-4-5-9-16/h1-3,6-7,16-18,22H,4-5,8-14H2/t17-,18+,20-/m0/s1. The minimum absolute atomic E-state index is 0.126. The van der Waals surface area contributed by atoms with E-state index in [1.54, 1.807) is 0 Å². The number of carbonyl (C=O) groups is 1. The quantitative estimate of drug-likeness (QED) is 0.927. The van der Waals surface area contributed by atoms with Crippen molar-refractivity contribution in [1.82, 2.24) is 4.90 Å². The predicted molar refractivity (Wildman–Crippen MR) is 89.9 cm³/mol. The highest BCUT2D eigenvalue weighted by molar-refractivity contribution is 5.80. The zero-order valence-corrected chi connectivity index (χ0v) is 13.8. The summed E-state index contributed by atoms with van der Waals surface area (Å²) in [6.45, 7) is 0.192. The number of carbonyl (C=O) groups excluding carboxylic acids is 1. The monoisotopic (exact) mass is 313 g/mol. The Labute approximate surface area is 138 Å². The Balaban J connectivity index is 1.57. The molecular formula is C20H27NO2. The van der Waals surface area contributed by atoms with Crippen LogP contribution in [-0.2, 0) is 11.2 Å². The maximum absolute atomic E-state index is 13.0. The second-order valence-electron chi connectivity index (χ2n) is 7.86. The van der Waals surface area contributed by atoms with Crippen molar-refractivity contribution < 1.29 is 9.90 Å². The van der Waals surface area contributed by atoms with E-state index in [-0.39, 0.29) is 24.0 Å². The molecule has 1 saturated carbocycles. The van der Waals surface area contributed by atoms with Crippen molar-refractivity contribution in [3.05, 3.63) is 35.9 Å². The lowest BCUT2D eigenvalue weighted by atomic mass is 9.70. The van der Waals surface area contributed by atoms with E-state index in [0.29, 0.717) is 11.9 Å². The van der Waals surface area contributed by atoms with Crippen molar-refractivity contribution >= 4 is 5.91 Å². The molecule has 2 saturated heterocycles. The number of amides is 1. The minimum atomic E-state index is -0.126. The third-order valence-electron chi connectivity index (χ3n) is 6.52. The van der Waals surface area contributed by atoms with Gasteiger partial charge in [-0.15, -0.1) is 0 Å². The van der Waals surface area contributed by atoms with E-state index in [1.165, 1.54) is 18.4 Å². The van der Waals surface area contributed by atoms with Crippen LogP contribution >= 0.6 is 0 Å². The summed E-state index contributed by atoms with van der Waals surface area (Å²) >= 11 is 0. The van der Waals surface area contributed by atoms with Gasteiger partial charge in [0.2, 0.25) is 5.91 Å². The van der Waals surface area contributed by atoms with Crippen LogP contribution in [-0.4, -0.2) is 34.6 Å². The van der Waals surface area contributed by atoms with Crippen molar-refractivity contribution in [2.75, 3.05) is 6.61 Å². The Bertz CT molecular complexity index is 566. The number of hydrogen-bond acceptors (Lipinski definition) is 2. The van der Waals surface area contributed by atoms with Crippen LogP contribution in [0, 0.1) is 11.3 Å². The molecule has 2 heterocycles. The highest BCUT2D eigenvalue weighted by Crippen LogP contribution is 2.52. The molecule has 3 fully saturated rings. The Hall–Kier alpha value is -1.35. The first kappa shape index (κ1) is 15.2. The fraction of sp³-hybridized carbons (Fsp3) is 0.650. The summed E-state index contributed by atoms with van der Waals surface area (Å²) in [7, 11) is 0. The lowest BCUT2D eigenvalue weighted by Gasteiger charge is -2.36. The summed E-state index contributed by atoms with van der Waals surface area (Å²) < 4.78 is 0. The molecule has 1 aromatic rings. The minimum Gasteiger partial charge on any atom is -0.396 e. The predicted octanol–water partition coefficient (Wildman–Crippen LogP) is 3.16. The smallest absolute Gasteiger partial charge is 0.226 e. The van der Waals surface area contributed by atoms with E-state index in [1.807, 2.05) is 6.07 Å². The van der Waals surface area contributed by atoms with Crippen LogP contribution in [0.5, 0.6) is 0 Å². The van der Waals surface area contributed by atoms with Gasteiger partial charge in [0.25, 0.3) is 0 Å². The molecule has 3 heteroatoms. The first-order valence-corrected chi connectivity index (χ1v) is 9.20. The first-order valence-electron chi connectivity index (χ1n) is 9.20. The van der Waals surface area contributed by atoms with Crippen LogP contribution in [0.25, 0.3) is 0 Å². The summed E-state index contributed by atoms with van der Waals surface area (Å²) in [5.74, 6) is 0.641. The fourth-order valence-electron chi connectivity index (χ4n) is 5.43. The van der Waals surface area contributed by atoms with E-state index >= 15 is 0 Å². The van der Waals surface area contributed by atoms with Gasteiger partial charge in [0.15, 0.2) is 0 Å². The van der Waals surface area contributed by atoms with Gasteiger partial charge >= 0.3 is 0 Å². The first-order chi connectivity index (χ1) is 11.2. The summed E-state index contributed by atoms with van der Waals surface area (Å²) in [5.41, 5.74) is 1.15. The molecule has 0 unspecified atom stereocenters.